The van der Waals surface area contributed by atoms with Crippen molar-refractivity contribution in [3.05, 3.63) is 29.7 Å². The summed E-state index contributed by atoms with van der Waals surface area (Å²) in [6.07, 6.45) is 3.90. The smallest absolute Gasteiger partial charge is 0.151 e. The van der Waals surface area contributed by atoms with Gasteiger partial charge in [-0.05, 0) is 33.8 Å². The molecule has 0 amide bonds. The molecule has 0 aliphatic rings. The van der Waals surface area contributed by atoms with Crippen LogP contribution in [-0.2, 0) is 13.1 Å². The number of halogens is 1. The molecule has 0 aromatic carbocycles. The number of hydrogen-bond acceptors (Lipinski definition) is 3. The first-order chi connectivity index (χ1) is 8.61. The standard InChI is InChI=1S/C13H21N5.ClH/c1-5-17-9-11(4)13(16-17)14-8-12-6-7-15-18(12)10(2)3;/h6-7,9-10H,5,8H2,1-4H3,(H,14,16);1H. The first kappa shape index (κ1) is 15.6. The molecule has 0 unspecified atom stereocenters. The van der Waals surface area contributed by atoms with Gasteiger partial charge in [0.2, 0.25) is 0 Å². The minimum atomic E-state index is 0. The zero-order valence-electron chi connectivity index (χ0n) is 11.9. The molecule has 0 fully saturated rings. The number of aromatic nitrogens is 4. The Morgan fingerprint density at radius 2 is 2.11 bits per heavy atom. The van der Waals surface area contributed by atoms with Crippen LogP contribution in [0.15, 0.2) is 18.5 Å². The van der Waals surface area contributed by atoms with E-state index in [4.69, 9.17) is 0 Å². The molecule has 0 radical (unpaired) electrons. The van der Waals surface area contributed by atoms with Gasteiger partial charge in [0, 0.05) is 30.5 Å². The number of rotatable bonds is 5. The summed E-state index contributed by atoms with van der Waals surface area (Å²) in [4.78, 5) is 0. The van der Waals surface area contributed by atoms with Crippen molar-refractivity contribution in [3.63, 3.8) is 0 Å². The maximum Gasteiger partial charge on any atom is 0.151 e. The van der Waals surface area contributed by atoms with Crippen molar-refractivity contribution in [2.75, 3.05) is 5.32 Å². The Hall–Kier alpha value is -1.49. The van der Waals surface area contributed by atoms with Gasteiger partial charge < -0.3 is 5.32 Å². The van der Waals surface area contributed by atoms with E-state index in [2.05, 4.69) is 49.4 Å². The quantitative estimate of drug-likeness (QED) is 0.917. The Balaban J connectivity index is 0.00000180. The summed E-state index contributed by atoms with van der Waals surface area (Å²) >= 11 is 0. The van der Waals surface area contributed by atoms with Gasteiger partial charge in [-0.15, -0.1) is 12.4 Å². The van der Waals surface area contributed by atoms with Crippen LogP contribution in [0.4, 0.5) is 5.82 Å². The van der Waals surface area contributed by atoms with Crippen molar-refractivity contribution in [2.45, 2.75) is 46.8 Å². The van der Waals surface area contributed by atoms with E-state index in [1.807, 2.05) is 21.6 Å². The second-order valence-corrected chi connectivity index (χ2v) is 4.73. The summed E-state index contributed by atoms with van der Waals surface area (Å²) < 4.78 is 3.97. The fraction of sp³-hybridized carbons (Fsp3) is 0.538. The van der Waals surface area contributed by atoms with Gasteiger partial charge in [0.15, 0.2) is 5.82 Å². The third-order valence-corrected chi connectivity index (χ3v) is 2.95. The van der Waals surface area contributed by atoms with Crippen molar-refractivity contribution in [1.82, 2.24) is 19.6 Å². The molecule has 0 aliphatic heterocycles. The molecule has 1 N–H and O–H groups in total. The Morgan fingerprint density at radius 1 is 1.37 bits per heavy atom. The molecule has 0 saturated carbocycles. The van der Waals surface area contributed by atoms with Gasteiger partial charge in [0.25, 0.3) is 0 Å². The number of anilines is 1. The Labute approximate surface area is 120 Å². The van der Waals surface area contributed by atoms with Crippen molar-refractivity contribution < 1.29 is 0 Å². The lowest BCUT2D eigenvalue weighted by Crippen LogP contribution is -2.11. The van der Waals surface area contributed by atoms with E-state index >= 15 is 0 Å². The molecule has 0 bridgehead atoms. The van der Waals surface area contributed by atoms with Crippen molar-refractivity contribution in [3.8, 4) is 0 Å². The van der Waals surface area contributed by atoms with Gasteiger partial charge in [0.1, 0.15) is 0 Å². The van der Waals surface area contributed by atoms with Crippen LogP contribution >= 0.6 is 12.4 Å². The third kappa shape index (κ3) is 3.50. The zero-order chi connectivity index (χ0) is 13.1. The minimum absolute atomic E-state index is 0. The van der Waals surface area contributed by atoms with E-state index < -0.39 is 0 Å². The van der Waals surface area contributed by atoms with E-state index in [9.17, 15) is 0 Å². The summed E-state index contributed by atoms with van der Waals surface area (Å²) in [6.45, 7) is 10.1. The molecule has 2 aromatic heterocycles. The van der Waals surface area contributed by atoms with Gasteiger partial charge in [-0.25, -0.2) is 0 Å². The molecular weight excluding hydrogens is 262 g/mol. The molecule has 6 heteroatoms. The average molecular weight is 284 g/mol. The van der Waals surface area contributed by atoms with Crippen molar-refractivity contribution >= 4 is 18.2 Å². The highest BCUT2D eigenvalue weighted by Crippen LogP contribution is 2.14. The van der Waals surface area contributed by atoms with Crippen molar-refractivity contribution in [1.29, 1.82) is 0 Å². The zero-order valence-corrected chi connectivity index (χ0v) is 12.7. The van der Waals surface area contributed by atoms with Crippen LogP contribution in [0.5, 0.6) is 0 Å². The highest BCUT2D eigenvalue weighted by Gasteiger charge is 2.08. The molecule has 19 heavy (non-hydrogen) atoms. The maximum atomic E-state index is 4.48. The lowest BCUT2D eigenvalue weighted by molar-refractivity contribution is 0.512. The Bertz CT molecular complexity index is 515. The van der Waals surface area contributed by atoms with Gasteiger partial charge in [0.05, 0.1) is 12.2 Å². The van der Waals surface area contributed by atoms with E-state index in [1.54, 1.807) is 0 Å². The summed E-state index contributed by atoms with van der Waals surface area (Å²) in [7, 11) is 0. The van der Waals surface area contributed by atoms with Gasteiger partial charge >= 0.3 is 0 Å². The minimum Gasteiger partial charge on any atom is -0.363 e. The molecule has 2 heterocycles. The molecule has 0 spiro atoms. The van der Waals surface area contributed by atoms with Crippen LogP contribution in [0, 0.1) is 6.92 Å². The lowest BCUT2D eigenvalue weighted by atomic mass is 10.3. The predicted octanol–water partition coefficient (Wildman–Crippen LogP) is 3.02. The summed E-state index contributed by atoms with van der Waals surface area (Å²) in [5.74, 6) is 0.952. The van der Waals surface area contributed by atoms with E-state index in [0.29, 0.717) is 6.04 Å². The predicted molar refractivity (Wildman–Crippen MR) is 79.8 cm³/mol. The fourth-order valence-corrected chi connectivity index (χ4v) is 1.98. The number of hydrogen-bond donors (Lipinski definition) is 1. The third-order valence-electron chi connectivity index (χ3n) is 2.95. The molecule has 2 rings (SSSR count). The van der Waals surface area contributed by atoms with Crippen LogP contribution < -0.4 is 5.32 Å². The van der Waals surface area contributed by atoms with Gasteiger partial charge in [-0.2, -0.15) is 10.2 Å². The Kier molecular flexibility index (Phi) is 5.42. The average Bonchev–Trinajstić information content (AvgIpc) is 2.92. The van der Waals surface area contributed by atoms with E-state index in [1.165, 1.54) is 11.3 Å². The number of nitrogens with zero attached hydrogens (tertiary/aromatic N) is 4. The highest BCUT2D eigenvalue weighted by molar-refractivity contribution is 5.85. The van der Waals surface area contributed by atoms with Crippen LogP contribution in [-0.4, -0.2) is 19.6 Å². The molecule has 5 nitrogen and oxygen atoms in total. The Morgan fingerprint density at radius 3 is 2.68 bits per heavy atom. The number of nitrogens with one attached hydrogen (secondary N) is 1. The molecule has 0 saturated heterocycles. The molecule has 0 atom stereocenters. The van der Waals surface area contributed by atoms with Crippen LogP contribution in [0.2, 0.25) is 0 Å². The fourth-order valence-electron chi connectivity index (χ4n) is 1.98. The second-order valence-electron chi connectivity index (χ2n) is 4.73. The largest absolute Gasteiger partial charge is 0.363 e. The van der Waals surface area contributed by atoms with Crippen LogP contribution in [0.3, 0.4) is 0 Å². The van der Waals surface area contributed by atoms with E-state index in [-0.39, 0.29) is 12.4 Å². The van der Waals surface area contributed by atoms with Crippen LogP contribution in [0.1, 0.15) is 38.1 Å². The molecule has 2 aromatic rings. The second kappa shape index (κ2) is 6.61. The van der Waals surface area contributed by atoms with Gasteiger partial charge in [-0.3, -0.25) is 9.36 Å². The first-order valence-corrected chi connectivity index (χ1v) is 6.42. The first-order valence-electron chi connectivity index (χ1n) is 6.42. The molecule has 106 valence electrons. The monoisotopic (exact) mass is 283 g/mol. The lowest BCUT2D eigenvalue weighted by Gasteiger charge is -2.11. The van der Waals surface area contributed by atoms with Crippen molar-refractivity contribution in [2.24, 2.45) is 0 Å². The normalized spacial score (nSPS) is 10.6. The summed E-state index contributed by atoms with van der Waals surface area (Å²) in [5.41, 5.74) is 2.35. The highest BCUT2D eigenvalue weighted by atomic mass is 35.5. The summed E-state index contributed by atoms with van der Waals surface area (Å²) in [6, 6.07) is 2.42. The molecular formula is C13H22ClN5. The number of aryl methyl sites for hydroxylation is 2. The summed E-state index contributed by atoms with van der Waals surface area (Å²) in [5, 5.41) is 12.2. The topological polar surface area (TPSA) is 47.7 Å². The maximum absolute atomic E-state index is 4.48. The van der Waals surface area contributed by atoms with Crippen LogP contribution in [0.25, 0.3) is 0 Å². The SMILES string of the molecule is CCn1cc(C)c(NCc2ccnn2C(C)C)n1.Cl. The van der Waals surface area contributed by atoms with Gasteiger partial charge in [-0.1, -0.05) is 0 Å². The van der Waals surface area contributed by atoms with E-state index in [0.717, 1.165) is 18.9 Å². The molecule has 0 aliphatic carbocycles.